The van der Waals surface area contributed by atoms with Crippen molar-refractivity contribution in [2.24, 2.45) is 4.99 Å². The third-order valence-electron chi connectivity index (χ3n) is 4.44. The minimum absolute atomic E-state index is 0.0257. The van der Waals surface area contributed by atoms with Gasteiger partial charge in [0, 0.05) is 18.7 Å². The lowest BCUT2D eigenvalue weighted by Crippen LogP contribution is -2.33. The van der Waals surface area contributed by atoms with E-state index in [1.165, 1.54) is 40.9 Å². The maximum Gasteiger partial charge on any atom is 0.338 e. The number of hydrogen-bond donors (Lipinski definition) is 1. The van der Waals surface area contributed by atoms with Crippen LogP contribution in [-0.2, 0) is 14.3 Å². The van der Waals surface area contributed by atoms with E-state index in [1.54, 1.807) is 31.2 Å². The van der Waals surface area contributed by atoms with Gasteiger partial charge in [-0.3, -0.25) is 14.5 Å². The number of nitrogens with zero attached hydrogens (tertiary/aromatic N) is 2. The Hall–Kier alpha value is -3.20. The minimum Gasteiger partial charge on any atom is -0.462 e. The molecule has 31 heavy (non-hydrogen) atoms. The first-order valence-corrected chi connectivity index (χ1v) is 10.7. The van der Waals surface area contributed by atoms with Gasteiger partial charge in [-0.2, -0.15) is 0 Å². The Balaban J connectivity index is 1.63. The number of aliphatic imine (C=N–C) groups is 1. The van der Waals surface area contributed by atoms with E-state index in [0.717, 1.165) is 0 Å². The van der Waals surface area contributed by atoms with Crippen molar-refractivity contribution < 1.29 is 23.5 Å². The second kappa shape index (κ2) is 10.2. The van der Waals surface area contributed by atoms with Crippen LogP contribution in [0.2, 0.25) is 0 Å². The normalized spacial score (nSPS) is 17.1. The molecule has 0 saturated carbocycles. The van der Waals surface area contributed by atoms with E-state index < -0.39 is 11.2 Å². The first-order chi connectivity index (χ1) is 14.9. The highest BCUT2D eigenvalue weighted by Gasteiger charge is 2.38. The number of carbonyl (C=O) groups excluding carboxylic acids is 3. The number of rotatable bonds is 7. The van der Waals surface area contributed by atoms with Gasteiger partial charge in [0.1, 0.15) is 11.1 Å². The maximum atomic E-state index is 13.1. The summed E-state index contributed by atoms with van der Waals surface area (Å²) in [7, 11) is 0. The fraction of sp³-hybridized carbons (Fsp3) is 0.273. The van der Waals surface area contributed by atoms with E-state index in [2.05, 4.69) is 10.3 Å². The van der Waals surface area contributed by atoms with E-state index in [1.807, 2.05) is 6.92 Å². The number of thioether (sulfide) groups is 1. The molecular weight excluding hydrogens is 421 g/mol. The number of halogens is 1. The second-order valence-electron chi connectivity index (χ2n) is 6.61. The van der Waals surface area contributed by atoms with Crippen molar-refractivity contribution >= 4 is 46.1 Å². The summed E-state index contributed by atoms with van der Waals surface area (Å²) in [6.07, 6.45) is -0.0257. The molecule has 1 aliphatic rings. The molecule has 0 aromatic heterocycles. The minimum atomic E-state index is -0.599. The smallest absolute Gasteiger partial charge is 0.338 e. The zero-order valence-corrected chi connectivity index (χ0v) is 17.9. The van der Waals surface area contributed by atoms with Crippen LogP contribution in [-0.4, -0.2) is 46.3 Å². The van der Waals surface area contributed by atoms with E-state index in [9.17, 15) is 18.8 Å². The molecule has 1 atom stereocenters. The van der Waals surface area contributed by atoms with Gasteiger partial charge in [0.05, 0.1) is 17.9 Å². The third kappa shape index (κ3) is 5.69. The second-order valence-corrected chi connectivity index (χ2v) is 7.78. The summed E-state index contributed by atoms with van der Waals surface area (Å²) in [6, 6.07) is 12.0. The standard InChI is InChI=1S/C22H22FN3O4S/c1-3-26-20(28)18(31-22(26)25-17-11-7-15(23)8-12-17)13-19(27)24-16-9-5-14(6-10-16)21(29)30-4-2/h5-12,18H,3-4,13H2,1-2H3,(H,24,27). The Morgan fingerprint density at radius 3 is 2.42 bits per heavy atom. The van der Waals surface area contributed by atoms with Crippen LogP contribution in [0.1, 0.15) is 30.6 Å². The highest BCUT2D eigenvalue weighted by atomic mass is 32.2. The quantitative estimate of drug-likeness (QED) is 0.654. The van der Waals surface area contributed by atoms with Crippen LogP contribution >= 0.6 is 11.8 Å². The maximum absolute atomic E-state index is 13.1. The van der Waals surface area contributed by atoms with Gasteiger partial charge in [0.2, 0.25) is 11.8 Å². The number of amides is 2. The highest BCUT2D eigenvalue weighted by Crippen LogP contribution is 2.31. The van der Waals surface area contributed by atoms with Crippen LogP contribution in [0.25, 0.3) is 0 Å². The number of amidine groups is 1. The van der Waals surface area contributed by atoms with Crippen molar-refractivity contribution in [3.05, 3.63) is 59.9 Å². The summed E-state index contributed by atoms with van der Waals surface area (Å²) in [5, 5.41) is 2.62. The lowest BCUT2D eigenvalue weighted by Gasteiger charge is -2.13. The Labute approximate surface area is 183 Å². The van der Waals surface area contributed by atoms with Gasteiger partial charge in [-0.15, -0.1) is 0 Å². The van der Waals surface area contributed by atoms with Gasteiger partial charge in [0.15, 0.2) is 5.17 Å². The average molecular weight is 444 g/mol. The zero-order chi connectivity index (χ0) is 22.4. The van der Waals surface area contributed by atoms with Crippen LogP contribution in [0, 0.1) is 5.82 Å². The number of hydrogen-bond acceptors (Lipinski definition) is 6. The van der Waals surface area contributed by atoms with Gasteiger partial charge >= 0.3 is 5.97 Å². The van der Waals surface area contributed by atoms with E-state index >= 15 is 0 Å². The fourth-order valence-corrected chi connectivity index (χ4v) is 4.15. The lowest BCUT2D eigenvalue weighted by atomic mass is 10.2. The molecule has 0 bridgehead atoms. The molecular formula is C22H22FN3O4S. The molecule has 7 nitrogen and oxygen atoms in total. The van der Waals surface area contributed by atoms with Crippen LogP contribution in [0.15, 0.2) is 53.5 Å². The van der Waals surface area contributed by atoms with Crippen molar-refractivity contribution in [1.82, 2.24) is 4.90 Å². The Morgan fingerprint density at radius 2 is 1.81 bits per heavy atom. The van der Waals surface area contributed by atoms with Crippen molar-refractivity contribution in [2.75, 3.05) is 18.5 Å². The molecule has 9 heteroatoms. The number of anilines is 1. The van der Waals surface area contributed by atoms with Crippen LogP contribution in [0.3, 0.4) is 0 Å². The number of ether oxygens (including phenoxy) is 1. The van der Waals surface area contributed by atoms with Gasteiger partial charge in [-0.05, 0) is 62.4 Å². The predicted octanol–water partition coefficient (Wildman–Crippen LogP) is 3.98. The molecule has 1 unspecified atom stereocenters. The monoisotopic (exact) mass is 443 g/mol. The van der Waals surface area contributed by atoms with E-state index in [0.29, 0.717) is 28.7 Å². The zero-order valence-electron chi connectivity index (χ0n) is 17.1. The number of carbonyl (C=O) groups is 3. The molecule has 3 rings (SSSR count). The lowest BCUT2D eigenvalue weighted by molar-refractivity contribution is -0.128. The highest BCUT2D eigenvalue weighted by molar-refractivity contribution is 8.15. The van der Waals surface area contributed by atoms with E-state index in [4.69, 9.17) is 4.74 Å². The molecule has 162 valence electrons. The number of nitrogens with one attached hydrogen (secondary N) is 1. The largest absolute Gasteiger partial charge is 0.462 e. The average Bonchev–Trinajstić information content (AvgIpc) is 3.04. The molecule has 0 radical (unpaired) electrons. The molecule has 1 N–H and O–H groups in total. The molecule has 1 fully saturated rings. The topological polar surface area (TPSA) is 88.1 Å². The SMILES string of the molecule is CCOC(=O)c1ccc(NC(=O)CC2SC(=Nc3ccc(F)cc3)N(CC)C2=O)cc1. The van der Waals surface area contributed by atoms with Crippen LogP contribution in [0.4, 0.5) is 15.8 Å². The van der Waals surface area contributed by atoms with Crippen LogP contribution in [0.5, 0.6) is 0 Å². The number of benzene rings is 2. The van der Waals surface area contributed by atoms with Gasteiger partial charge in [0.25, 0.3) is 0 Å². The number of esters is 1. The molecule has 2 aromatic rings. The first-order valence-electron chi connectivity index (χ1n) is 9.80. The Kier molecular flexibility index (Phi) is 7.41. The molecule has 1 aliphatic heterocycles. The Morgan fingerprint density at radius 1 is 1.13 bits per heavy atom. The van der Waals surface area contributed by atoms with Crippen molar-refractivity contribution in [3.8, 4) is 0 Å². The summed E-state index contributed by atoms with van der Waals surface area (Å²) in [6.45, 7) is 4.25. The summed E-state index contributed by atoms with van der Waals surface area (Å²) >= 11 is 1.21. The summed E-state index contributed by atoms with van der Waals surface area (Å²) < 4.78 is 18.0. The molecule has 0 spiro atoms. The van der Waals surface area contributed by atoms with Crippen LogP contribution < -0.4 is 5.32 Å². The molecule has 2 aromatic carbocycles. The summed E-state index contributed by atoms with van der Waals surface area (Å²) in [5.74, 6) is -1.31. The summed E-state index contributed by atoms with van der Waals surface area (Å²) in [5.41, 5.74) is 1.43. The van der Waals surface area contributed by atoms with Crippen molar-refractivity contribution in [2.45, 2.75) is 25.5 Å². The molecule has 2 amide bonds. The molecule has 0 aliphatic carbocycles. The summed E-state index contributed by atoms with van der Waals surface area (Å²) in [4.78, 5) is 42.8. The molecule has 1 heterocycles. The van der Waals surface area contributed by atoms with Gasteiger partial charge in [-0.25, -0.2) is 14.2 Å². The van der Waals surface area contributed by atoms with Crippen molar-refractivity contribution in [3.63, 3.8) is 0 Å². The third-order valence-corrected chi connectivity index (χ3v) is 5.61. The van der Waals surface area contributed by atoms with Gasteiger partial charge < -0.3 is 10.1 Å². The predicted molar refractivity (Wildman–Crippen MR) is 118 cm³/mol. The Bertz CT molecular complexity index is 993. The first kappa shape index (κ1) is 22.5. The fourth-order valence-electron chi connectivity index (χ4n) is 2.93. The van der Waals surface area contributed by atoms with Gasteiger partial charge in [-0.1, -0.05) is 11.8 Å². The van der Waals surface area contributed by atoms with Crippen molar-refractivity contribution in [1.29, 1.82) is 0 Å². The van der Waals surface area contributed by atoms with E-state index in [-0.39, 0.29) is 30.7 Å². The molecule has 1 saturated heterocycles.